The van der Waals surface area contributed by atoms with Crippen LogP contribution in [0.25, 0.3) is 0 Å². The normalized spacial score (nSPS) is 13.3. The summed E-state index contributed by atoms with van der Waals surface area (Å²) in [6.07, 6.45) is 3.81. The first kappa shape index (κ1) is 23.3. The molecule has 0 rings (SSSR count). The average molecular weight is 362 g/mol. The number of nitrogens with zero attached hydrogens (tertiary/aromatic N) is 1. The van der Waals surface area contributed by atoms with Crippen LogP contribution in [0, 0.1) is 0 Å². The molecule has 0 atom stereocenters. The number of unbranched alkanes of at least 4 members (excludes halogenated alkanes) is 1. The fourth-order valence-corrected chi connectivity index (χ4v) is 13.2. The Kier molecular flexibility index (Phi) is 12.0. The summed E-state index contributed by atoms with van der Waals surface area (Å²) in [7, 11) is 0.656. The molecule has 0 N–H and O–H groups in total. The highest BCUT2D eigenvalue weighted by Crippen LogP contribution is 2.44. The molecular formula is C18H43NO2Si2. The molecule has 0 bridgehead atoms. The molecule has 0 amide bonds. The van der Waals surface area contributed by atoms with Crippen LogP contribution in [0.15, 0.2) is 0 Å². The lowest BCUT2D eigenvalue weighted by Crippen LogP contribution is -2.60. The minimum absolute atomic E-state index is 0.789. The van der Waals surface area contributed by atoms with Crippen molar-refractivity contribution in [2.45, 2.75) is 90.4 Å². The Hall–Kier alpha value is 0.314. The third kappa shape index (κ3) is 6.27. The van der Waals surface area contributed by atoms with Gasteiger partial charge >= 0.3 is 9.28 Å². The molecule has 0 heterocycles. The minimum Gasteiger partial charge on any atom is -0.400 e. The molecule has 0 aromatic carbocycles. The molecular weight excluding hydrogens is 318 g/mol. The summed E-state index contributed by atoms with van der Waals surface area (Å²) < 4.78 is 13.9. The van der Waals surface area contributed by atoms with E-state index in [0.29, 0.717) is 0 Å². The number of rotatable bonds is 13. The topological polar surface area (TPSA) is 21.7 Å². The SMILES string of the molecule is CCCCN(CCC[SiH](OC)OC)[Si](C(C)C)(C(C)C)C(C)C. The largest absolute Gasteiger partial charge is 0.400 e. The zero-order chi connectivity index (χ0) is 18.0. The van der Waals surface area contributed by atoms with Crippen LogP contribution in [-0.2, 0) is 8.85 Å². The smallest absolute Gasteiger partial charge is 0.320 e. The van der Waals surface area contributed by atoms with Crippen LogP contribution in [0.4, 0.5) is 0 Å². The van der Waals surface area contributed by atoms with Gasteiger partial charge in [0.15, 0.2) is 0 Å². The first-order valence-corrected chi connectivity index (χ1v) is 13.5. The summed E-state index contributed by atoms with van der Waals surface area (Å²) in [6, 6.07) is 1.12. The maximum Gasteiger partial charge on any atom is 0.320 e. The third-order valence-electron chi connectivity index (χ3n) is 5.50. The molecule has 23 heavy (non-hydrogen) atoms. The van der Waals surface area contributed by atoms with E-state index in [0.717, 1.165) is 22.7 Å². The van der Waals surface area contributed by atoms with E-state index in [-0.39, 0.29) is 0 Å². The van der Waals surface area contributed by atoms with Gasteiger partial charge in [-0.1, -0.05) is 54.9 Å². The Labute approximate surface area is 149 Å². The van der Waals surface area contributed by atoms with E-state index < -0.39 is 17.5 Å². The van der Waals surface area contributed by atoms with Gasteiger partial charge in [-0.25, -0.2) is 0 Å². The summed E-state index contributed by atoms with van der Waals surface area (Å²) >= 11 is 0. The predicted octanol–water partition coefficient (Wildman–Crippen LogP) is 5.17. The number of hydrogen-bond donors (Lipinski definition) is 0. The van der Waals surface area contributed by atoms with Crippen LogP contribution in [0.5, 0.6) is 0 Å². The fourth-order valence-electron chi connectivity index (χ4n) is 4.72. The zero-order valence-corrected chi connectivity index (χ0v) is 19.5. The van der Waals surface area contributed by atoms with Crippen molar-refractivity contribution in [2.24, 2.45) is 0 Å². The van der Waals surface area contributed by atoms with E-state index in [9.17, 15) is 0 Å². The van der Waals surface area contributed by atoms with Gasteiger partial charge in [-0.05, 0) is 48.6 Å². The summed E-state index contributed by atoms with van der Waals surface area (Å²) in [5.74, 6) is 0. The second-order valence-electron chi connectivity index (χ2n) is 7.74. The third-order valence-corrected chi connectivity index (χ3v) is 14.5. The average Bonchev–Trinajstić information content (AvgIpc) is 2.47. The standard InChI is InChI=1S/C18H43NO2Si2/c1-10-11-13-19(14-12-15-22(20-8)21-9)23(16(2)3,17(4)5)18(6)7/h16-18,22H,10-15H2,1-9H3. The van der Waals surface area contributed by atoms with Crippen molar-refractivity contribution in [3.05, 3.63) is 0 Å². The van der Waals surface area contributed by atoms with Gasteiger partial charge in [0, 0.05) is 14.2 Å². The molecule has 0 aromatic heterocycles. The van der Waals surface area contributed by atoms with Gasteiger partial charge in [0.2, 0.25) is 0 Å². The second-order valence-corrected chi connectivity index (χ2v) is 16.0. The Morgan fingerprint density at radius 3 is 1.61 bits per heavy atom. The van der Waals surface area contributed by atoms with Crippen LogP contribution >= 0.6 is 0 Å². The van der Waals surface area contributed by atoms with Crippen molar-refractivity contribution >= 4 is 17.5 Å². The van der Waals surface area contributed by atoms with Gasteiger partial charge in [-0.15, -0.1) is 0 Å². The van der Waals surface area contributed by atoms with E-state index >= 15 is 0 Å². The molecule has 0 spiro atoms. The van der Waals surface area contributed by atoms with Crippen molar-refractivity contribution in [3.8, 4) is 0 Å². The molecule has 0 aliphatic heterocycles. The van der Waals surface area contributed by atoms with Gasteiger partial charge in [-0.2, -0.15) is 0 Å². The Bertz CT molecular complexity index is 273. The number of hydrogen-bond acceptors (Lipinski definition) is 3. The van der Waals surface area contributed by atoms with Crippen LogP contribution in [-0.4, -0.2) is 49.4 Å². The molecule has 140 valence electrons. The maximum atomic E-state index is 5.50. The Morgan fingerprint density at radius 2 is 1.26 bits per heavy atom. The van der Waals surface area contributed by atoms with Crippen molar-refractivity contribution in [1.82, 2.24) is 4.57 Å². The summed E-state index contributed by atoms with van der Waals surface area (Å²) in [4.78, 5) is 0. The van der Waals surface area contributed by atoms with E-state index in [4.69, 9.17) is 8.85 Å². The van der Waals surface area contributed by atoms with Gasteiger partial charge < -0.3 is 13.4 Å². The molecule has 0 saturated heterocycles. The van der Waals surface area contributed by atoms with Crippen molar-refractivity contribution < 1.29 is 8.85 Å². The lowest BCUT2D eigenvalue weighted by Gasteiger charge is -2.51. The van der Waals surface area contributed by atoms with Gasteiger partial charge in [0.25, 0.3) is 0 Å². The Morgan fingerprint density at radius 1 is 0.826 bits per heavy atom. The van der Waals surface area contributed by atoms with Crippen LogP contribution < -0.4 is 0 Å². The molecule has 0 aliphatic carbocycles. The fraction of sp³-hybridized carbons (Fsp3) is 1.00. The molecule has 0 unspecified atom stereocenters. The maximum absolute atomic E-state index is 5.50. The van der Waals surface area contributed by atoms with Crippen LogP contribution in [0.2, 0.25) is 22.7 Å². The predicted molar refractivity (Wildman–Crippen MR) is 108 cm³/mol. The molecule has 0 saturated carbocycles. The highest BCUT2D eigenvalue weighted by molar-refractivity contribution is 6.80. The van der Waals surface area contributed by atoms with Gasteiger partial charge in [0.05, 0.1) is 0 Å². The molecule has 0 aromatic rings. The van der Waals surface area contributed by atoms with E-state index in [1.54, 1.807) is 14.2 Å². The molecule has 5 heteroatoms. The van der Waals surface area contributed by atoms with E-state index in [2.05, 4.69) is 53.0 Å². The summed E-state index contributed by atoms with van der Waals surface area (Å²) in [6.45, 7) is 19.6. The lowest BCUT2D eigenvalue weighted by molar-refractivity contribution is 0.273. The monoisotopic (exact) mass is 361 g/mol. The minimum atomic E-state index is -1.52. The highest BCUT2D eigenvalue weighted by Gasteiger charge is 2.47. The molecule has 0 fully saturated rings. The van der Waals surface area contributed by atoms with Crippen molar-refractivity contribution in [2.75, 3.05) is 27.3 Å². The van der Waals surface area contributed by atoms with Gasteiger partial charge in [0.1, 0.15) is 8.24 Å². The first-order chi connectivity index (χ1) is 10.8. The van der Waals surface area contributed by atoms with Crippen LogP contribution in [0.1, 0.15) is 67.7 Å². The Balaban J connectivity index is 5.21. The van der Waals surface area contributed by atoms with Gasteiger partial charge in [-0.3, -0.25) is 0 Å². The molecule has 3 nitrogen and oxygen atoms in total. The van der Waals surface area contributed by atoms with Crippen LogP contribution in [0.3, 0.4) is 0 Å². The second kappa shape index (κ2) is 11.8. The van der Waals surface area contributed by atoms with E-state index in [1.165, 1.54) is 32.4 Å². The molecule has 0 aliphatic rings. The highest BCUT2D eigenvalue weighted by atomic mass is 28.3. The van der Waals surface area contributed by atoms with E-state index in [1.807, 2.05) is 0 Å². The first-order valence-electron chi connectivity index (χ1n) is 9.59. The zero-order valence-electron chi connectivity index (χ0n) is 17.3. The quantitative estimate of drug-likeness (QED) is 0.423. The van der Waals surface area contributed by atoms with Crippen molar-refractivity contribution in [1.29, 1.82) is 0 Å². The van der Waals surface area contributed by atoms with Crippen molar-refractivity contribution in [3.63, 3.8) is 0 Å². The lowest BCUT2D eigenvalue weighted by atomic mass is 10.3. The molecule has 0 radical (unpaired) electrons. The summed E-state index contributed by atoms with van der Waals surface area (Å²) in [5.41, 5.74) is 2.37. The summed E-state index contributed by atoms with van der Waals surface area (Å²) in [5, 5.41) is 0.